The smallest absolute Gasteiger partial charge is 0.306 e. The number of hydrogen-bond acceptors (Lipinski definition) is 14. The van der Waals surface area contributed by atoms with E-state index in [0.29, 0.717) is 13.0 Å². The molecule has 2 rings (SSSR count). The molecule has 7 N–H and O–H groups in total. The quantitative estimate of drug-likeness (QED) is 0.0172. The Morgan fingerprint density at radius 2 is 0.861 bits per heavy atom. The molecule has 2 fully saturated rings. The van der Waals surface area contributed by atoms with E-state index < -0.39 is 80.7 Å². The molecule has 2 saturated heterocycles. The second-order valence-corrected chi connectivity index (χ2v) is 20.8. The molecule has 11 atom stereocenters. The molecule has 0 bridgehead atoms. The summed E-state index contributed by atoms with van der Waals surface area (Å²) in [5.41, 5.74) is 0. The molecule has 0 radical (unpaired) electrons. The number of carbonyl (C=O) groups is 1. The van der Waals surface area contributed by atoms with Crippen LogP contribution in [0.1, 0.15) is 239 Å². The number of ether oxygens (including phenoxy) is 6. The van der Waals surface area contributed by atoms with Crippen LogP contribution in [0.5, 0.6) is 0 Å². The lowest BCUT2D eigenvalue weighted by atomic mass is 9.98. The second-order valence-electron chi connectivity index (χ2n) is 20.8. The van der Waals surface area contributed by atoms with Gasteiger partial charge in [-0.2, -0.15) is 0 Å². The van der Waals surface area contributed by atoms with Crippen molar-refractivity contribution < 1.29 is 69.0 Å². The van der Waals surface area contributed by atoms with Gasteiger partial charge in [-0.1, -0.05) is 212 Å². The van der Waals surface area contributed by atoms with Crippen molar-refractivity contribution in [2.45, 2.75) is 306 Å². The van der Waals surface area contributed by atoms with Gasteiger partial charge in [0.2, 0.25) is 0 Å². The Balaban J connectivity index is 1.71. The highest BCUT2D eigenvalue weighted by Crippen LogP contribution is 2.27. The summed E-state index contributed by atoms with van der Waals surface area (Å²) in [7, 11) is 0. The van der Waals surface area contributed by atoms with Crippen molar-refractivity contribution in [3.05, 3.63) is 24.3 Å². The highest BCUT2D eigenvalue weighted by molar-refractivity contribution is 5.69. The molecule has 0 aromatic carbocycles. The molecule has 14 heteroatoms. The molecule has 2 heterocycles. The van der Waals surface area contributed by atoms with Gasteiger partial charge in [0.1, 0.15) is 54.9 Å². The zero-order valence-electron chi connectivity index (χ0n) is 45.4. The number of carbonyl (C=O) groups excluding carboxylic acids is 1. The normalized spacial score (nSPS) is 25.2. The van der Waals surface area contributed by atoms with Gasteiger partial charge in [-0.25, -0.2) is 0 Å². The van der Waals surface area contributed by atoms with E-state index in [1.54, 1.807) is 0 Å². The third-order valence-corrected chi connectivity index (χ3v) is 14.2. The number of hydrogen-bond donors (Lipinski definition) is 7. The van der Waals surface area contributed by atoms with Crippen LogP contribution >= 0.6 is 0 Å². The van der Waals surface area contributed by atoms with Crippen LogP contribution in [0.2, 0.25) is 0 Å². The number of esters is 1. The van der Waals surface area contributed by atoms with Crippen LogP contribution in [0.4, 0.5) is 0 Å². The van der Waals surface area contributed by atoms with E-state index >= 15 is 0 Å². The molecule has 424 valence electrons. The molecule has 11 unspecified atom stereocenters. The molecule has 2 aliphatic heterocycles. The van der Waals surface area contributed by atoms with Crippen molar-refractivity contribution >= 4 is 5.97 Å². The van der Waals surface area contributed by atoms with Crippen LogP contribution in [-0.2, 0) is 33.2 Å². The minimum atomic E-state index is -1.71. The maximum absolute atomic E-state index is 13.1. The molecule has 14 nitrogen and oxygen atoms in total. The van der Waals surface area contributed by atoms with Gasteiger partial charge >= 0.3 is 5.97 Å². The average molecular weight is 1030 g/mol. The van der Waals surface area contributed by atoms with Crippen LogP contribution in [-0.4, -0.2) is 142 Å². The van der Waals surface area contributed by atoms with Crippen molar-refractivity contribution in [2.75, 3.05) is 33.0 Å². The van der Waals surface area contributed by atoms with E-state index in [4.69, 9.17) is 28.4 Å². The third-order valence-electron chi connectivity index (χ3n) is 14.2. The number of allylic oxidation sites excluding steroid dienone is 4. The van der Waals surface area contributed by atoms with E-state index in [0.717, 1.165) is 57.8 Å². The Bertz CT molecular complexity index is 1290. The van der Waals surface area contributed by atoms with E-state index in [-0.39, 0.29) is 25.6 Å². The summed E-state index contributed by atoms with van der Waals surface area (Å²) < 4.78 is 34.4. The highest BCUT2D eigenvalue weighted by Gasteiger charge is 2.47. The van der Waals surface area contributed by atoms with Gasteiger partial charge in [-0.15, -0.1) is 0 Å². The molecule has 0 aromatic heterocycles. The summed E-state index contributed by atoms with van der Waals surface area (Å²) in [5, 5.41) is 72.3. The lowest BCUT2D eigenvalue weighted by Gasteiger charge is -2.42. The van der Waals surface area contributed by atoms with Gasteiger partial charge in [-0.3, -0.25) is 4.79 Å². The Labute approximate surface area is 437 Å². The zero-order valence-corrected chi connectivity index (χ0v) is 45.4. The number of unbranched alkanes of at least 4 members (excludes halogenated alkanes) is 30. The summed E-state index contributed by atoms with van der Waals surface area (Å²) in [6.45, 7) is 3.69. The molecule has 0 spiro atoms. The third kappa shape index (κ3) is 32.1. The maximum atomic E-state index is 13.1. The first-order valence-electron chi connectivity index (χ1n) is 29.4. The molecule has 0 aromatic rings. The lowest BCUT2D eigenvalue weighted by Crippen LogP contribution is -2.61. The van der Waals surface area contributed by atoms with E-state index in [1.807, 2.05) is 0 Å². The van der Waals surface area contributed by atoms with Crippen molar-refractivity contribution in [1.29, 1.82) is 0 Å². The van der Waals surface area contributed by atoms with Crippen molar-refractivity contribution in [3.8, 4) is 0 Å². The first-order valence-corrected chi connectivity index (χ1v) is 29.4. The molecular formula is C58H108O14. The van der Waals surface area contributed by atoms with Crippen LogP contribution in [0.15, 0.2) is 24.3 Å². The predicted octanol–water partition coefficient (Wildman–Crippen LogP) is 10.4. The fourth-order valence-corrected chi connectivity index (χ4v) is 9.44. The molecule has 0 saturated carbocycles. The highest BCUT2D eigenvalue weighted by atomic mass is 16.7. The van der Waals surface area contributed by atoms with Gasteiger partial charge in [-0.05, 0) is 44.9 Å². The lowest BCUT2D eigenvalue weighted by molar-refractivity contribution is -0.332. The summed E-state index contributed by atoms with van der Waals surface area (Å²) in [6, 6.07) is 0. The van der Waals surface area contributed by atoms with Crippen molar-refractivity contribution in [2.24, 2.45) is 0 Å². The molecule has 0 aliphatic carbocycles. The Kier molecular flexibility index (Phi) is 42.2. The monoisotopic (exact) mass is 1030 g/mol. The van der Waals surface area contributed by atoms with Crippen LogP contribution in [0.25, 0.3) is 0 Å². The SMILES string of the molecule is CCCCCC/C=C\C/C=C\CCCCCCCCOCC(COC1OC(COC2OC(CO)C(O)C(O)C2O)C(O)C(O)C1O)OC(=O)CCCCCCCCCCCCCCCCCCCCCCC. The summed E-state index contributed by atoms with van der Waals surface area (Å²) in [5.74, 6) is -0.375. The Morgan fingerprint density at radius 1 is 0.458 bits per heavy atom. The largest absolute Gasteiger partial charge is 0.457 e. The number of rotatable bonds is 48. The minimum absolute atomic E-state index is 0.0586. The first-order chi connectivity index (χ1) is 35.1. The summed E-state index contributed by atoms with van der Waals surface area (Å²) in [4.78, 5) is 13.1. The Morgan fingerprint density at radius 3 is 1.35 bits per heavy atom. The first kappa shape index (κ1) is 66.6. The van der Waals surface area contributed by atoms with Gasteiger partial charge < -0.3 is 64.2 Å². The maximum Gasteiger partial charge on any atom is 0.306 e. The summed E-state index contributed by atoms with van der Waals surface area (Å²) >= 11 is 0. The fourth-order valence-electron chi connectivity index (χ4n) is 9.44. The summed E-state index contributed by atoms with van der Waals surface area (Å²) in [6.07, 6.45) is 35.2. The van der Waals surface area contributed by atoms with Gasteiger partial charge in [0.05, 0.1) is 26.4 Å². The standard InChI is InChI=1S/C58H108O14/c1-3-5-7-9-11-13-15-17-19-21-22-23-24-25-27-29-31-33-35-37-39-41-50(60)70-47(44-67-42-40-38-36-34-32-30-28-26-20-18-16-14-12-10-8-6-4-2)45-68-57-56(66)54(64)52(62)49(72-57)46-69-58-55(65)53(63)51(61)48(43-59)71-58/h14,16,20,26,47-49,51-59,61-66H,3-13,15,17-19,21-25,27-46H2,1-2H3/b16-14-,26-20-. The van der Waals surface area contributed by atoms with Crippen molar-refractivity contribution in [3.63, 3.8) is 0 Å². The number of aliphatic hydroxyl groups is 7. The molecule has 72 heavy (non-hydrogen) atoms. The van der Waals surface area contributed by atoms with Crippen LogP contribution < -0.4 is 0 Å². The van der Waals surface area contributed by atoms with E-state index in [1.165, 1.54) is 154 Å². The van der Waals surface area contributed by atoms with Gasteiger partial charge in [0.25, 0.3) is 0 Å². The molecule has 0 amide bonds. The number of aliphatic hydroxyl groups excluding tert-OH is 7. The van der Waals surface area contributed by atoms with Crippen molar-refractivity contribution in [1.82, 2.24) is 0 Å². The molecular weight excluding hydrogens is 921 g/mol. The van der Waals surface area contributed by atoms with E-state index in [2.05, 4.69) is 38.2 Å². The van der Waals surface area contributed by atoms with Gasteiger partial charge in [0, 0.05) is 13.0 Å². The van der Waals surface area contributed by atoms with Crippen LogP contribution in [0.3, 0.4) is 0 Å². The zero-order chi connectivity index (χ0) is 52.3. The van der Waals surface area contributed by atoms with E-state index in [9.17, 15) is 40.5 Å². The molecule has 2 aliphatic rings. The second kappa shape index (κ2) is 45.6. The predicted molar refractivity (Wildman–Crippen MR) is 284 cm³/mol. The van der Waals surface area contributed by atoms with Gasteiger partial charge in [0.15, 0.2) is 12.6 Å². The minimum Gasteiger partial charge on any atom is -0.457 e. The fraction of sp³-hybridized carbons (Fsp3) is 0.914. The van der Waals surface area contributed by atoms with Crippen LogP contribution in [0, 0.1) is 0 Å². The average Bonchev–Trinajstić information content (AvgIpc) is 3.38. The Hall–Kier alpha value is -1.53. The topological polar surface area (TPSA) is 214 Å².